The van der Waals surface area contributed by atoms with Gasteiger partial charge in [0.2, 0.25) is 0 Å². The van der Waals surface area contributed by atoms with Crippen molar-refractivity contribution < 1.29 is 4.74 Å². The van der Waals surface area contributed by atoms with Gasteiger partial charge in [-0.2, -0.15) is 0 Å². The van der Waals surface area contributed by atoms with Crippen molar-refractivity contribution in [2.75, 3.05) is 0 Å². The zero-order valence-electron chi connectivity index (χ0n) is 11.3. The van der Waals surface area contributed by atoms with Gasteiger partial charge in [-0.25, -0.2) is 0 Å². The summed E-state index contributed by atoms with van der Waals surface area (Å²) in [6.45, 7) is 1.54. The van der Waals surface area contributed by atoms with Crippen LogP contribution >= 0.6 is 15.9 Å². The third-order valence-electron chi connectivity index (χ3n) is 3.47. The Morgan fingerprint density at radius 2 is 1.85 bits per heavy atom. The van der Waals surface area contributed by atoms with Crippen molar-refractivity contribution in [3.63, 3.8) is 0 Å². The van der Waals surface area contributed by atoms with Gasteiger partial charge in [-0.15, -0.1) is 0 Å². The minimum Gasteiger partial charge on any atom is -0.489 e. The third-order valence-corrected chi connectivity index (χ3v) is 3.96. The van der Waals surface area contributed by atoms with E-state index < -0.39 is 0 Å². The van der Waals surface area contributed by atoms with Gasteiger partial charge in [-0.1, -0.05) is 46.3 Å². The summed E-state index contributed by atoms with van der Waals surface area (Å²) < 4.78 is 6.92. The lowest BCUT2D eigenvalue weighted by Crippen LogP contribution is -2.16. The first-order valence-corrected chi connectivity index (χ1v) is 7.79. The Morgan fingerprint density at radius 3 is 2.60 bits per heavy atom. The molecule has 0 unspecified atom stereocenters. The number of ether oxygens (including phenoxy) is 1. The second kappa shape index (κ2) is 6.42. The molecule has 104 valence electrons. The average Bonchev–Trinajstić information content (AvgIpc) is 3.28. The molecule has 0 heterocycles. The molecular formula is C17H18BrNO. The minimum atomic E-state index is 0.610. The minimum absolute atomic E-state index is 0.610. The first-order chi connectivity index (χ1) is 9.81. The van der Waals surface area contributed by atoms with Crippen LogP contribution in [0.15, 0.2) is 53.0 Å². The first-order valence-electron chi connectivity index (χ1n) is 7.00. The van der Waals surface area contributed by atoms with Gasteiger partial charge in [0.25, 0.3) is 0 Å². The van der Waals surface area contributed by atoms with E-state index in [9.17, 15) is 0 Å². The molecule has 2 aromatic carbocycles. The van der Waals surface area contributed by atoms with E-state index in [-0.39, 0.29) is 0 Å². The number of rotatable bonds is 6. The van der Waals surface area contributed by atoms with Crippen LogP contribution in [0.2, 0.25) is 0 Å². The number of hydrogen-bond acceptors (Lipinski definition) is 2. The molecule has 0 amide bonds. The lowest BCUT2D eigenvalue weighted by molar-refractivity contribution is 0.304. The van der Waals surface area contributed by atoms with E-state index in [2.05, 4.69) is 45.5 Å². The highest BCUT2D eigenvalue weighted by Crippen LogP contribution is 2.22. The maximum Gasteiger partial charge on any atom is 0.120 e. The van der Waals surface area contributed by atoms with Crippen LogP contribution in [0, 0.1) is 0 Å². The molecule has 0 aromatic heterocycles. The van der Waals surface area contributed by atoms with Crippen molar-refractivity contribution in [2.24, 2.45) is 0 Å². The molecule has 0 atom stereocenters. The Morgan fingerprint density at radius 1 is 1.05 bits per heavy atom. The molecule has 1 aliphatic carbocycles. The highest BCUT2D eigenvalue weighted by molar-refractivity contribution is 9.10. The third kappa shape index (κ3) is 3.84. The summed E-state index contributed by atoms with van der Waals surface area (Å²) in [6.07, 6.45) is 2.63. The van der Waals surface area contributed by atoms with E-state index in [0.717, 1.165) is 22.8 Å². The fraction of sp³-hybridized carbons (Fsp3) is 0.294. The highest BCUT2D eigenvalue weighted by atomic mass is 79.9. The van der Waals surface area contributed by atoms with Crippen molar-refractivity contribution >= 4 is 15.9 Å². The molecule has 0 saturated heterocycles. The average molecular weight is 332 g/mol. The summed E-state index contributed by atoms with van der Waals surface area (Å²) in [7, 11) is 0. The van der Waals surface area contributed by atoms with Gasteiger partial charge in [-0.05, 0) is 42.2 Å². The van der Waals surface area contributed by atoms with Crippen molar-refractivity contribution in [2.45, 2.75) is 32.0 Å². The van der Waals surface area contributed by atoms with Crippen molar-refractivity contribution in [3.8, 4) is 5.75 Å². The van der Waals surface area contributed by atoms with Crippen LogP contribution in [-0.4, -0.2) is 6.04 Å². The molecular weight excluding hydrogens is 314 g/mol. The molecule has 20 heavy (non-hydrogen) atoms. The number of benzene rings is 2. The topological polar surface area (TPSA) is 21.3 Å². The van der Waals surface area contributed by atoms with Crippen molar-refractivity contribution in [1.29, 1.82) is 0 Å². The van der Waals surface area contributed by atoms with Crippen LogP contribution in [-0.2, 0) is 13.2 Å². The maximum absolute atomic E-state index is 5.88. The van der Waals surface area contributed by atoms with E-state index in [1.807, 2.05) is 24.3 Å². The van der Waals surface area contributed by atoms with E-state index in [1.165, 1.54) is 24.0 Å². The SMILES string of the molecule is Brc1cccc(OCc2ccccc2CNC2CC2)c1. The molecule has 1 N–H and O–H groups in total. The number of halogens is 1. The molecule has 2 aromatic rings. The quantitative estimate of drug-likeness (QED) is 0.852. The Kier molecular flexibility index (Phi) is 4.38. The van der Waals surface area contributed by atoms with Gasteiger partial charge in [0.05, 0.1) is 0 Å². The summed E-state index contributed by atoms with van der Waals surface area (Å²) >= 11 is 3.46. The summed E-state index contributed by atoms with van der Waals surface area (Å²) in [6, 6.07) is 17.2. The van der Waals surface area contributed by atoms with E-state index in [4.69, 9.17) is 4.74 Å². The first kappa shape index (κ1) is 13.7. The van der Waals surface area contributed by atoms with Crippen LogP contribution in [0.1, 0.15) is 24.0 Å². The van der Waals surface area contributed by atoms with Gasteiger partial charge >= 0.3 is 0 Å². The Bertz CT molecular complexity index is 581. The second-order valence-corrected chi connectivity index (χ2v) is 6.09. The van der Waals surface area contributed by atoms with E-state index >= 15 is 0 Å². The summed E-state index contributed by atoms with van der Waals surface area (Å²) in [5, 5.41) is 3.56. The zero-order chi connectivity index (χ0) is 13.8. The predicted octanol–water partition coefficient (Wildman–Crippen LogP) is 4.28. The fourth-order valence-electron chi connectivity index (χ4n) is 2.13. The lowest BCUT2D eigenvalue weighted by atomic mass is 10.1. The van der Waals surface area contributed by atoms with Gasteiger partial charge < -0.3 is 10.1 Å². The van der Waals surface area contributed by atoms with Gasteiger partial charge in [0.15, 0.2) is 0 Å². The van der Waals surface area contributed by atoms with Gasteiger partial charge in [-0.3, -0.25) is 0 Å². The molecule has 1 saturated carbocycles. The van der Waals surface area contributed by atoms with E-state index in [1.54, 1.807) is 0 Å². The number of hydrogen-bond donors (Lipinski definition) is 1. The summed E-state index contributed by atoms with van der Waals surface area (Å²) in [4.78, 5) is 0. The normalized spacial score (nSPS) is 14.2. The second-order valence-electron chi connectivity index (χ2n) is 5.17. The van der Waals surface area contributed by atoms with Crippen LogP contribution in [0.5, 0.6) is 5.75 Å². The highest BCUT2D eigenvalue weighted by Gasteiger charge is 2.20. The number of nitrogens with one attached hydrogen (secondary N) is 1. The largest absolute Gasteiger partial charge is 0.489 e. The van der Waals surface area contributed by atoms with Crippen molar-refractivity contribution in [1.82, 2.24) is 5.32 Å². The van der Waals surface area contributed by atoms with Crippen LogP contribution < -0.4 is 10.1 Å². The lowest BCUT2D eigenvalue weighted by Gasteiger charge is -2.12. The Balaban J connectivity index is 1.63. The molecule has 0 spiro atoms. The Labute approximate surface area is 128 Å². The fourth-order valence-corrected chi connectivity index (χ4v) is 2.51. The monoisotopic (exact) mass is 331 g/mol. The standard InChI is InChI=1S/C17H18BrNO/c18-15-6-3-7-17(10-15)20-12-14-5-2-1-4-13(14)11-19-16-8-9-16/h1-7,10,16,19H,8-9,11-12H2. The van der Waals surface area contributed by atoms with Crippen molar-refractivity contribution in [3.05, 3.63) is 64.1 Å². The molecule has 0 bridgehead atoms. The maximum atomic E-state index is 5.88. The molecule has 0 radical (unpaired) electrons. The molecule has 3 rings (SSSR count). The smallest absolute Gasteiger partial charge is 0.120 e. The van der Waals surface area contributed by atoms with Crippen LogP contribution in [0.25, 0.3) is 0 Å². The summed E-state index contributed by atoms with van der Waals surface area (Å²) in [5.74, 6) is 0.893. The molecule has 1 aliphatic rings. The van der Waals surface area contributed by atoms with Crippen LogP contribution in [0.3, 0.4) is 0 Å². The predicted molar refractivity (Wildman–Crippen MR) is 84.8 cm³/mol. The van der Waals surface area contributed by atoms with Gasteiger partial charge in [0, 0.05) is 17.1 Å². The van der Waals surface area contributed by atoms with Gasteiger partial charge in [0.1, 0.15) is 12.4 Å². The molecule has 0 aliphatic heterocycles. The molecule has 1 fully saturated rings. The van der Waals surface area contributed by atoms with Crippen LogP contribution in [0.4, 0.5) is 0 Å². The van der Waals surface area contributed by atoms with E-state index in [0.29, 0.717) is 6.61 Å². The Hall–Kier alpha value is -1.32. The zero-order valence-corrected chi connectivity index (χ0v) is 12.9. The summed E-state index contributed by atoms with van der Waals surface area (Å²) in [5.41, 5.74) is 2.58. The molecule has 3 heteroatoms. The molecule has 2 nitrogen and oxygen atoms in total.